The molecule has 1 rings (SSSR count). The van der Waals surface area contributed by atoms with Gasteiger partial charge in [0.2, 0.25) is 0 Å². The Kier molecular flexibility index (Phi) is 4.67. The van der Waals surface area contributed by atoms with Crippen LogP contribution in [-0.4, -0.2) is 7.11 Å². The number of hydrogen-bond acceptors (Lipinski definition) is 1. The topological polar surface area (TPSA) is 9.23 Å². The second-order valence-corrected chi connectivity index (χ2v) is 3.89. The van der Waals surface area contributed by atoms with Crippen LogP contribution in [0, 0.1) is 0 Å². The number of aryl methyl sites for hydroxylation is 3. The highest BCUT2D eigenvalue weighted by molar-refractivity contribution is 5.43. The molecule has 0 radical (unpaired) electrons. The maximum Gasteiger partial charge on any atom is 0.122 e. The second kappa shape index (κ2) is 5.79. The highest BCUT2D eigenvalue weighted by Gasteiger charge is 2.07. The summed E-state index contributed by atoms with van der Waals surface area (Å²) in [5.74, 6) is 1.05. The summed E-state index contributed by atoms with van der Waals surface area (Å²) in [6.45, 7) is 6.62. The van der Waals surface area contributed by atoms with Gasteiger partial charge in [-0.2, -0.15) is 0 Å². The van der Waals surface area contributed by atoms with Gasteiger partial charge in [0, 0.05) is 0 Å². The number of methoxy groups -OCH3 is 1. The van der Waals surface area contributed by atoms with Crippen molar-refractivity contribution in [3.05, 3.63) is 28.8 Å². The minimum atomic E-state index is 1.04. The van der Waals surface area contributed by atoms with Gasteiger partial charge < -0.3 is 4.74 Å². The average molecular weight is 206 g/mol. The standard InChI is InChI=1S/C14H22O/c1-5-8-13-10-14(15-4)12(7-3)9-11(13)6-2/h9-10H,5-8H2,1-4H3. The van der Waals surface area contributed by atoms with E-state index < -0.39 is 0 Å². The molecule has 0 fully saturated rings. The van der Waals surface area contributed by atoms with Gasteiger partial charge in [-0.05, 0) is 42.0 Å². The van der Waals surface area contributed by atoms with Gasteiger partial charge >= 0.3 is 0 Å². The summed E-state index contributed by atoms with van der Waals surface area (Å²) in [5, 5.41) is 0. The zero-order valence-corrected chi connectivity index (χ0v) is 10.4. The molecule has 0 atom stereocenters. The third kappa shape index (κ3) is 2.74. The molecule has 0 aliphatic heterocycles. The fourth-order valence-electron chi connectivity index (χ4n) is 2.02. The minimum Gasteiger partial charge on any atom is -0.496 e. The van der Waals surface area contributed by atoms with Gasteiger partial charge in [0.05, 0.1) is 7.11 Å². The summed E-state index contributed by atoms with van der Waals surface area (Å²) in [7, 11) is 1.76. The number of hydrogen-bond donors (Lipinski definition) is 0. The van der Waals surface area contributed by atoms with Crippen LogP contribution in [0.15, 0.2) is 12.1 Å². The van der Waals surface area contributed by atoms with Crippen molar-refractivity contribution < 1.29 is 4.74 Å². The first kappa shape index (κ1) is 12.1. The molecule has 0 spiro atoms. The molecule has 15 heavy (non-hydrogen) atoms. The van der Waals surface area contributed by atoms with Gasteiger partial charge in [-0.15, -0.1) is 0 Å². The molecule has 0 saturated heterocycles. The molecule has 0 amide bonds. The molecular weight excluding hydrogens is 184 g/mol. The average Bonchev–Trinajstić information content (AvgIpc) is 2.28. The lowest BCUT2D eigenvalue weighted by Gasteiger charge is -2.13. The number of benzene rings is 1. The van der Waals surface area contributed by atoms with Crippen molar-refractivity contribution in [2.75, 3.05) is 7.11 Å². The van der Waals surface area contributed by atoms with Crippen LogP contribution < -0.4 is 4.74 Å². The molecular formula is C14H22O. The number of ether oxygens (including phenoxy) is 1. The Hall–Kier alpha value is -0.980. The predicted molar refractivity (Wildman–Crippen MR) is 65.7 cm³/mol. The first-order valence-corrected chi connectivity index (χ1v) is 5.95. The Balaban J connectivity index is 3.15. The third-order valence-electron chi connectivity index (χ3n) is 2.88. The maximum absolute atomic E-state index is 5.42. The molecule has 0 aliphatic rings. The molecule has 0 bridgehead atoms. The smallest absolute Gasteiger partial charge is 0.122 e. The van der Waals surface area contributed by atoms with E-state index in [-0.39, 0.29) is 0 Å². The van der Waals surface area contributed by atoms with Crippen LogP contribution in [0.1, 0.15) is 43.9 Å². The second-order valence-electron chi connectivity index (χ2n) is 3.89. The van der Waals surface area contributed by atoms with E-state index >= 15 is 0 Å². The van der Waals surface area contributed by atoms with E-state index in [0.717, 1.165) is 25.0 Å². The Labute approximate surface area is 93.5 Å². The van der Waals surface area contributed by atoms with Gasteiger partial charge in [0.25, 0.3) is 0 Å². The van der Waals surface area contributed by atoms with Crippen LogP contribution in [0.2, 0.25) is 0 Å². The van der Waals surface area contributed by atoms with Crippen molar-refractivity contribution in [3.63, 3.8) is 0 Å². The highest BCUT2D eigenvalue weighted by Crippen LogP contribution is 2.25. The van der Waals surface area contributed by atoms with Gasteiger partial charge in [-0.25, -0.2) is 0 Å². The lowest BCUT2D eigenvalue weighted by Crippen LogP contribution is -1.98. The van der Waals surface area contributed by atoms with Crippen LogP contribution in [0.25, 0.3) is 0 Å². The largest absolute Gasteiger partial charge is 0.496 e. The van der Waals surface area contributed by atoms with E-state index in [9.17, 15) is 0 Å². The lowest BCUT2D eigenvalue weighted by molar-refractivity contribution is 0.409. The molecule has 1 heteroatoms. The van der Waals surface area contributed by atoms with Gasteiger partial charge in [0.1, 0.15) is 5.75 Å². The van der Waals surface area contributed by atoms with E-state index in [4.69, 9.17) is 4.74 Å². The first-order valence-electron chi connectivity index (χ1n) is 5.95. The Morgan fingerprint density at radius 1 is 0.933 bits per heavy atom. The lowest BCUT2D eigenvalue weighted by atomic mass is 9.97. The number of rotatable bonds is 5. The van der Waals surface area contributed by atoms with Crippen molar-refractivity contribution >= 4 is 0 Å². The fourth-order valence-corrected chi connectivity index (χ4v) is 2.02. The van der Waals surface area contributed by atoms with Crippen molar-refractivity contribution in [3.8, 4) is 5.75 Å². The Morgan fingerprint density at radius 3 is 2.07 bits per heavy atom. The molecule has 1 nitrogen and oxygen atoms in total. The molecule has 1 aromatic rings. The molecule has 84 valence electrons. The summed E-state index contributed by atoms with van der Waals surface area (Å²) in [6, 6.07) is 4.53. The van der Waals surface area contributed by atoms with Gasteiger partial charge in [-0.3, -0.25) is 0 Å². The van der Waals surface area contributed by atoms with Crippen molar-refractivity contribution in [1.82, 2.24) is 0 Å². The van der Waals surface area contributed by atoms with Crippen molar-refractivity contribution in [2.45, 2.75) is 46.5 Å². The van der Waals surface area contributed by atoms with Crippen LogP contribution in [-0.2, 0) is 19.3 Å². The summed E-state index contributed by atoms with van der Waals surface area (Å²) in [6.07, 6.45) is 4.51. The molecule has 1 aromatic carbocycles. The van der Waals surface area contributed by atoms with E-state index in [2.05, 4.69) is 32.9 Å². The van der Waals surface area contributed by atoms with Crippen LogP contribution in [0.3, 0.4) is 0 Å². The summed E-state index contributed by atoms with van der Waals surface area (Å²) < 4.78 is 5.42. The molecule has 0 aliphatic carbocycles. The normalized spacial score (nSPS) is 10.4. The van der Waals surface area contributed by atoms with Crippen molar-refractivity contribution in [2.24, 2.45) is 0 Å². The fraction of sp³-hybridized carbons (Fsp3) is 0.571. The first-order chi connectivity index (χ1) is 7.26. The zero-order chi connectivity index (χ0) is 11.3. The zero-order valence-electron chi connectivity index (χ0n) is 10.4. The molecule has 0 aromatic heterocycles. The summed E-state index contributed by atoms with van der Waals surface area (Å²) in [5.41, 5.74) is 4.26. The highest BCUT2D eigenvalue weighted by atomic mass is 16.5. The minimum absolute atomic E-state index is 1.04. The van der Waals surface area contributed by atoms with Gasteiger partial charge in [-0.1, -0.05) is 33.3 Å². The molecule has 0 N–H and O–H groups in total. The van der Waals surface area contributed by atoms with E-state index in [1.165, 1.54) is 23.1 Å². The Morgan fingerprint density at radius 2 is 1.60 bits per heavy atom. The van der Waals surface area contributed by atoms with Gasteiger partial charge in [0.15, 0.2) is 0 Å². The SMILES string of the molecule is CCCc1cc(OC)c(CC)cc1CC. The third-order valence-corrected chi connectivity index (χ3v) is 2.88. The summed E-state index contributed by atoms with van der Waals surface area (Å²) >= 11 is 0. The Bertz CT molecular complexity index is 315. The van der Waals surface area contributed by atoms with Crippen LogP contribution in [0.4, 0.5) is 0 Å². The van der Waals surface area contributed by atoms with E-state index in [1.54, 1.807) is 7.11 Å². The van der Waals surface area contributed by atoms with Crippen molar-refractivity contribution in [1.29, 1.82) is 0 Å². The molecule has 0 heterocycles. The predicted octanol–water partition coefficient (Wildman–Crippen LogP) is 3.77. The molecule has 0 unspecified atom stereocenters. The quantitative estimate of drug-likeness (QED) is 0.712. The maximum atomic E-state index is 5.42. The van der Waals surface area contributed by atoms with Crippen LogP contribution in [0.5, 0.6) is 5.75 Å². The van der Waals surface area contributed by atoms with E-state index in [0.29, 0.717) is 0 Å². The van der Waals surface area contributed by atoms with E-state index in [1.807, 2.05) is 0 Å². The summed E-state index contributed by atoms with van der Waals surface area (Å²) in [4.78, 5) is 0. The van der Waals surface area contributed by atoms with Crippen LogP contribution >= 0.6 is 0 Å². The molecule has 0 saturated carbocycles. The monoisotopic (exact) mass is 206 g/mol.